The maximum Gasteiger partial charge on any atom is 0.249 e. The van der Waals surface area contributed by atoms with Gasteiger partial charge in [0, 0.05) is 6.20 Å². The Morgan fingerprint density at radius 1 is 1.47 bits per heavy atom. The van der Waals surface area contributed by atoms with Crippen LogP contribution in [0.3, 0.4) is 0 Å². The molecule has 6 heteroatoms. The second kappa shape index (κ2) is 4.32. The Labute approximate surface area is 97.7 Å². The molecular weight excluding hydrogens is 220 g/mol. The highest BCUT2D eigenvalue weighted by molar-refractivity contribution is 6.02. The average Bonchev–Trinajstić information content (AvgIpc) is 2.57. The molecule has 0 bridgehead atoms. The lowest BCUT2D eigenvalue weighted by Crippen LogP contribution is -2.15. The number of pyridine rings is 1. The van der Waals surface area contributed by atoms with Gasteiger partial charge in [0.2, 0.25) is 11.9 Å². The molecule has 0 saturated heterocycles. The molecule has 1 amide bonds. The quantitative estimate of drug-likeness (QED) is 0.799. The maximum atomic E-state index is 11.3. The molecule has 0 aliphatic heterocycles. The Bertz CT molecular complexity index is 588. The number of carbonyl (C=O) groups is 2. The first-order valence-electron chi connectivity index (χ1n) is 5.17. The van der Waals surface area contributed by atoms with Crippen molar-refractivity contribution >= 4 is 23.3 Å². The zero-order valence-electron chi connectivity index (χ0n) is 9.60. The number of hydrogen-bond donors (Lipinski definition) is 1. The molecule has 2 aromatic heterocycles. The number of Topliss-reactive ketones (excluding diaryl/α,β-unsaturated/α-hetero) is 1. The molecule has 0 unspecified atom stereocenters. The largest absolute Gasteiger partial charge is 0.299 e. The van der Waals surface area contributed by atoms with Crippen molar-refractivity contribution in [1.82, 2.24) is 14.6 Å². The number of hydrogen-bond acceptors (Lipinski definition) is 4. The average molecular weight is 232 g/mol. The number of aryl methyl sites for hydroxylation is 1. The summed E-state index contributed by atoms with van der Waals surface area (Å²) in [6, 6.07) is 3.75. The molecule has 0 radical (unpaired) electrons. The van der Waals surface area contributed by atoms with Crippen LogP contribution in [0.25, 0.3) is 5.65 Å². The fourth-order valence-electron chi connectivity index (χ4n) is 1.43. The van der Waals surface area contributed by atoms with E-state index in [9.17, 15) is 9.59 Å². The van der Waals surface area contributed by atoms with E-state index in [-0.39, 0.29) is 18.2 Å². The van der Waals surface area contributed by atoms with E-state index in [0.29, 0.717) is 5.65 Å². The molecule has 0 spiro atoms. The summed E-state index contributed by atoms with van der Waals surface area (Å²) >= 11 is 0. The summed E-state index contributed by atoms with van der Waals surface area (Å²) in [5.41, 5.74) is 1.72. The summed E-state index contributed by atoms with van der Waals surface area (Å²) in [5.74, 6) is -0.380. The summed E-state index contributed by atoms with van der Waals surface area (Å²) in [7, 11) is 0. The smallest absolute Gasteiger partial charge is 0.249 e. The predicted molar refractivity (Wildman–Crippen MR) is 61.7 cm³/mol. The molecule has 88 valence electrons. The maximum absolute atomic E-state index is 11.3. The van der Waals surface area contributed by atoms with Gasteiger partial charge in [0.05, 0.1) is 6.42 Å². The second-order valence-corrected chi connectivity index (χ2v) is 3.87. The van der Waals surface area contributed by atoms with Crippen LogP contribution in [-0.4, -0.2) is 26.3 Å². The van der Waals surface area contributed by atoms with Gasteiger partial charge >= 0.3 is 0 Å². The van der Waals surface area contributed by atoms with Gasteiger partial charge in [0.15, 0.2) is 5.65 Å². The van der Waals surface area contributed by atoms with Crippen molar-refractivity contribution < 1.29 is 9.59 Å². The second-order valence-electron chi connectivity index (χ2n) is 3.87. The molecule has 1 N–H and O–H groups in total. The van der Waals surface area contributed by atoms with Gasteiger partial charge in [-0.05, 0) is 31.5 Å². The minimum Gasteiger partial charge on any atom is -0.299 e. The third-order valence-electron chi connectivity index (χ3n) is 2.15. The summed E-state index contributed by atoms with van der Waals surface area (Å²) in [6.45, 7) is 3.31. The summed E-state index contributed by atoms with van der Waals surface area (Å²) in [6.07, 6.45) is 1.60. The summed E-state index contributed by atoms with van der Waals surface area (Å²) < 4.78 is 1.57. The lowest BCUT2D eigenvalue weighted by Gasteiger charge is -1.96. The molecule has 0 fully saturated rings. The number of nitrogens with one attached hydrogen (secondary N) is 1. The van der Waals surface area contributed by atoms with Crippen molar-refractivity contribution in [2.75, 3.05) is 5.32 Å². The van der Waals surface area contributed by atoms with E-state index in [0.717, 1.165) is 5.56 Å². The minimum absolute atomic E-state index is 0.158. The normalized spacial score (nSPS) is 10.5. The van der Waals surface area contributed by atoms with Crippen LogP contribution in [0.15, 0.2) is 18.3 Å². The fraction of sp³-hybridized carbons (Fsp3) is 0.273. The number of rotatable bonds is 3. The monoisotopic (exact) mass is 232 g/mol. The van der Waals surface area contributed by atoms with Crippen LogP contribution < -0.4 is 5.32 Å². The molecule has 0 aromatic carbocycles. The molecule has 0 aliphatic rings. The van der Waals surface area contributed by atoms with E-state index in [4.69, 9.17) is 0 Å². The number of carbonyl (C=O) groups excluding carboxylic acids is 2. The fourth-order valence-corrected chi connectivity index (χ4v) is 1.43. The van der Waals surface area contributed by atoms with Gasteiger partial charge < -0.3 is 0 Å². The van der Waals surface area contributed by atoms with Crippen LogP contribution >= 0.6 is 0 Å². The van der Waals surface area contributed by atoms with Crippen LogP contribution in [-0.2, 0) is 9.59 Å². The van der Waals surface area contributed by atoms with E-state index in [1.165, 1.54) is 6.92 Å². The van der Waals surface area contributed by atoms with Crippen molar-refractivity contribution in [3.05, 3.63) is 23.9 Å². The van der Waals surface area contributed by atoms with Gasteiger partial charge in [-0.2, -0.15) is 4.98 Å². The van der Waals surface area contributed by atoms with Crippen LogP contribution in [0, 0.1) is 6.92 Å². The zero-order chi connectivity index (χ0) is 12.4. The summed E-state index contributed by atoms with van der Waals surface area (Å²) in [4.78, 5) is 26.2. The van der Waals surface area contributed by atoms with Crippen LogP contribution in [0.5, 0.6) is 0 Å². The Hall–Kier alpha value is -2.24. The third-order valence-corrected chi connectivity index (χ3v) is 2.15. The third kappa shape index (κ3) is 2.66. The minimum atomic E-state index is -0.398. The van der Waals surface area contributed by atoms with Crippen LogP contribution in [0.2, 0.25) is 0 Å². The van der Waals surface area contributed by atoms with Gasteiger partial charge in [-0.1, -0.05) is 0 Å². The van der Waals surface area contributed by atoms with E-state index < -0.39 is 5.91 Å². The molecule has 6 nitrogen and oxygen atoms in total. The Kier molecular flexibility index (Phi) is 2.86. The first-order chi connectivity index (χ1) is 8.04. The van der Waals surface area contributed by atoms with Gasteiger partial charge in [0.25, 0.3) is 0 Å². The molecule has 2 heterocycles. The van der Waals surface area contributed by atoms with Gasteiger partial charge in [-0.25, -0.2) is 4.52 Å². The van der Waals surface area contributed by atoms with Crippen LogP contribution in [0.4, 0.5) is 5.95 Å². The van der Waals surface area contributed by atoms with E-state index in [1.807, 2.05) is 19.1 Å². The topological polar surface area (TPSA) is 76.4 Å². The molecule has 2 rings (SSSR count). The van der Waals surface area contributed by atoms with Gasteiger partial charge in [-0.3, -0.25) is 14.9 Å². The van der Waals surface area contributed by atoms with Gasteiger partial charge in [-0.15, -0.1) is 5.10 Å². The Morgan fingerprint density at radius 3 is 2.94 bits per heavy atom. The Balaban J connectivity index is 2.19. The lowest BCUT2D eigenvalue weighted by atomic mass is 10.3. The number of aromatic nitrogens is 3. The molecular formula is C11H12N4O2. The number of ketones is 1. The standard InChI is InChI=1S/C11H12N4O2/c1-7-3-4-15-9(5-7)12-11(14-15)13-10(17)6-8(2)16/h3-5H,6H2,1-2H3,(H,13,14,17). The lowest BCUT2D eigenvalue weighted by molar-refractivity contribution is -0.124. The first-order valence-corrected chi connectivity index (χ1v) is 5.17. The highest BCUT2D eigenvalue weighted by atomic mass is 16.2. The van der Waals surface area contributed by atoms with E-state index >= 15 is 0 Å². The van der Waals surface area contributed by atoms with Gasteiger partial charge in [0.1, 0.15) is 5.78 Å². The number of fused-ring (bicyclic) bond motifs is 1. The van der Waals surface area contributed by atoms with E-state index in [2.05, 4.69) is 15.4 Å². The molecule has 0 saturated carbocycles. The van der Waals surface area contributed by atoms with Crippen molar-refractivity contribution in [3.63, 3.8) is 0 Å². The number of anilines is 1. The van der Waals surface area contributed by atoms with Crippen LogP contribution in [0.1, 0.15) is 18.9 Å². The highest BCUT2D eigenvalue weighted by Gasteiger charge is 2.09. The Morgan fingerprint density at radius 2 is 2.24 bits per heavy atom. The number of nitrogens with zero attached hydrogens (tertiary/aromatic N) is 3. The van der Waals surface area contributed by atoms with Crippen molar-refractivity contribution in [1.29, 1.82) is 0 Å². The number of amides is 1. The predicted octanol–water partition coefficient (Wildman–Crippen LogP) is 0.955. The molecule has 17 heavy (non-hydrogen) atoms. The highest BCUT2D eigenvalue weighted by Crippen LogP contribution is 2.07. The summed E-state index contributed by atoms with van der Waals surface area (Å²) in [5, 5.41) is 6.54. The SMILES string of the molecule is CC(=O)CC(=O)Nc1nc2cc(C)ccn2n1. The van der Waals surface area contributed by atoms with Crippen molar-refractivity contribution in [2.24, 2.45) is 0 Å². The van der Waals surface area contributed by atoms with Crippen molar-refractivity contribution in [3.8, 4) is 0 Å². The molecule has 2 aromatic rings. The van der Waals surface area contributed by atoms with E-state index in [1.54, 1.807) is 10.7 Å². The zero-order valence-corrected chi connectivity index (χ0v) is 9.60. The molecule has 0 atom stereocenters. The van der Waals surface area contributed by atoms with Crippen molar-refractivity contribution in [2.45, 2.75) is 20.3 Å². The molecule has 0 aliphatic carbocycles. The first kappa shape index (κ1) is 11.3.